The lowest BCUT2D eigenvalue weighted by molar-refractivity contribution is -0.122. The summed E-state index contributed by atoms with van der Waals surface area (Å²) in [6, 6.07) is 23.6. The van der Waals surface area contributed by atoms with Gasteiger partial charge < -0.3 is 19.5 Å². The predicted molar refractivity (Wildman–Crippen MR) is 114 cm³/mol. The van der Waals surface area contributed by atoms with Gasteiger partial charge in [-0.25, -0.2) is 0 Å². The molecule has 1 amide bonds. The molecular formula is C23H22ClNO4. The van der Waals surface area contributed by atoms with Crippen LogP contribution in [0.3, 0.4) is 0 Å². The number of amides is 1. The number of ether oxygens (including phenoxy) is 3. The van der Waals surface area contributed by atoms with Crippen molar-refractivity contribution in [3.63, 3.8) is 0 Å². The average Bonchev–Trinajstić information content (AvgIpc) is 2.74. The van der Waals surface area contributed by atoms with E-state index in [0.717, 1.165) is 5.75 Å². The van der Waals surface area contributed by atoms with E-state index in [2.05, 4.69) is 5.32 Å². The Kier molecular flexibility index (Phi) is 7.36. The van der Waals surface area contributed by atoms with Crippen LogP contribution in [0, 0.1) is 0 Å². The monoisotopic (exact) mass is 411 g/mol. The van der Waals surface area contributed by atoms with Crippen molar-refractivity contribution in [1.29, 1.82) is 0 Å². The molecule has 3 rings (SSSR count). The maximum atomic E-state index is 12.3. The molecule has 0 radical (unpaired) electrons. The van der Waals surface area contributed by atoms with Gasteiger partial charge in [-0.15, -0.1) is 0 Å². The first-order chi connectivity index (χ1) is 14.1. The van der Waals surface area contributed by atoms with Gasteiger partial charge in [0.05, 0.1) is 0 Å². The Morgan fingerprint density at radius 2 is 1.38 bits per heavy atom. The molecule has 0 heterocycles. The smallest absolute Gasteiger partial charge is 0.265 e. The van der Waals surface area contributed by atoms with E-state index < -0.39 is 6.10 Å². The van der Waals surface area contributed by atoms with E-state index in [0.29, 0.717) is 35.4 Å². The number of rotatable bonds is 9. The van der Waals surface area contributed by atoms with Crippen LogP contribution in [0.4, 0.5) is 5.69 Å². The number of anilines is 1. The summed E-state index contributed by atoms with van der Waals surface area (Å²) in [6.07, 6.45) is -0.651. The van der Waals surface area contributed by atoms with Crippen LogP contribution in [0.1, 0.15) is 6.92 Å². The molecule has 0 aliphatic heterocycles. The van der Waals surface area contributed by atoms with Crippen LogP contribution in [0.5, 0.6) is 17.2 Å². The van der Waals surface area contributed by atoms with E-state index in [9.17, 15) is 4.79 Å². The Balaban J connectivity index is 1.42. The average molecular weight is 412 g/mol. The quantitative estimate of drug-likeness (QED) is 0.491. The van der Waals surface area contributed by atoms with Crippen molar-refractivity contribution in [3.8, 4) is 17.2 Å². The second-order valence-electron chi connectivity index (χ2n) is 6.24. The number of benzene rings is 3. The van der Waals surface area contributed by atoms with Gasteiger partial charge in [-0.3, -0.25) is 4.79 Å². The molecule has 0 aromatic heterocycles. The fourth-order valence-electron chi connectivity index (χ4n) is 2.48. The first-order valence-corrected chi connectivity index (χ1v) is 9.62. The predicted octanol–water partition coefficient (Wildman–Crippen LogP) is 5.20. The van der Waals surface area contributed by atoms with Gasteiger partial charge in [0.2, 0.25) is 0 Å². The van der Waals surface area contributed by atoms with Crippen molar-refractivity contribution in [1.82, 2.24) is 0 Å². The third-order valence-corrected chi connectivity index (χ3v) is 4.23. The first kappa shape index (κ1) is 20.6. The molecule has 0 spiro atoms. The minimum atomic E-state index is -0.651. The number of hydrogen-bond donors (Lipinski definition) is 1. The van der Waals surface area contributed by atoms with Crippen molar-refractivity contribution in [3.05, 3.63) is 83.9 Å². The van der Waals surface area contributed by atoms with Gasteiger partial charge in [-0.1, -0.05) is 29.8 Å². The van der Waals surface area contributed by atoms with Gasteiger partial charge in [0, 0.05) is 10.7 Å². The van der Waals surface area contributed by atoms with E-state index in [4.69, 9.17) is 25.8 Å². The highest BCUT2D eigenvalue weighted by molar-refractivity contribution is 6.30. The van der Waals surface area contributed by atoms with E-state index in [1.165, 1.54) is 0 Å². The second-order valence-corrected chi connectivity index (χ2v) is 6.67. The molecule has 29 heavy (non-hydrogen) atoms. The number of carbonyl (C=O) groups is 1. The van der Waals surface area contributed by atoms with Crippen molar-refractivity contribution in [2.45, 2.75) is 13.0 Å². The van der Waals surface area contributed by atoms with Gasteiger partial charge in [0.25, 0.3) is 5.91 Å². The van der Waals surface area contributed by atoms with Gasteiger partial charge >= 0.3 is 0 Å². The lowest BCUT2D eigenvalue weighted by Crippen LogP contribution is -2.30. The van der Waals surface area contributed by atoms with E-state index in [1.54, 1.807) is 55.5 Å². The Morgan fingerprint density at radius 1 is 0.828 bits per heavy atom. The Morgan fingerprint density at radius 3 is 2.00 bits per heavy atom. The number of para-hydroxylation sites is 1. The zero-order valence-electron chi connectivity index (χ0n) is 16.0. The molecule has 0 saturated heterocycles. The summed E-state index contributed by atoms with van der Waals surface area (Å²) < 4.78 is 16.9. The standard InChI is InChI=1S/C23H22ClNO4/c1-17(29-22-11-7-18(24)8-12-22)23(26)25-19-9-13-21(14-10-19)28-16-15-27-20-5-3-2-4-6-20/h2-14,17H,15-16H2,1H3,(H,25,26)/t17-/m0/s1. The number of nitrogens with one attached hydrogen (secondary N) is 1. The van der Waals surface area contributed by atoms with Gasteiger partial charge in [0.15, 0.2) is 6.10 Å². The summed E-state index contributed by atoms with van der Waals surface area (Å²) in [6.45, 7) is 2.56. The Hall–Kier alpha value is -3.18. The third-order valence-electron chi connectivity index (χ3n) is 3.98. The molecule has 0 fully saturated rings. The molecule has 0 aliphatic rings. The van der Waals surface area contributed by atoms with Crippen molar-refractivity contribution in [2.75, 3.05) is 18.5 Å². The van der Waals surface area contributed by atoms with Crippen LogP contribution in [-0.4, -0.2) is 25.2 Å². The van der Waals surface area contributed by atoms with Gasteiger partial charge in [-0.2, -0.15) is 0 Å². The largest absolute Gasteiger partial charge is 0.490 e. The van der Waals surface area contributed by atoms with Crippen molar-refractivity contribution in [2.24, 2.45) is 0 Å². The Labute approximate surface area is 175 Å². The Bertz CT molecular complexity index is 898. The molecule has 0 aliphatic carbocycles. The van der Waals surface area contributed by atoms with Crippen molar-refractivity contribution < 1.29 is 19.0 Å². The summed E-state index contributed by atoms with van der Waals surface area (Å²) in [4.78, 5) is 12.3. The highest BCUT2D eigenvalue weighted by atomic mass is 35.5. The summed E-state index contributed by atoms with van der Waals surface area (Å²) in [5, 5.41) is 3.43. The molecule has 3 aromatic rings. The first-order valence-electron chi connectivity index (χ1n) is 9.24. The van der Waals surface area contributed by atoms with Crippen LogP contribution < -0.4 is 19.5 Å². The van der Waals surface area contributed by atoms with E-state index in [-0.39, 0.29) is 5.91 Å². The lowest BCUT2D eigenvalue weighted by Gasteiger charge is -2.15. The summed E-state index contributed by atoms with van der Waals surface area (Å²) >= 11 is 5.85. The van der Waals surface area contributed by atoms with Crippen LogP contribution in [0.25, 0.3) is 0 Å². The van der Waals surface area contributed by atoms with E-state index in [1.807, 2.05) is 30.3 Å². The molecule has 0 unspecified atom stereocenters. The number of hydrogen-bond acceptors (Lipinski definition) is 4. The van der Waals surface area contributed by atoms with Gasteiger partial charge in [-0.05, 0) is 67.6 Å². The minimum absolute atomic E-state index is 0.245. The van der Waals surface area contributed by atoms with Crippen molar-refractivity contribution >= 4 is 23.2 Å². The molecule has 150 valence electrons. The van der Waals surface area contributed by atoms with Gasteiger partial charge in [0.1, 0.15) is 30.5 Å². The van der Waals surface area contributed by atoms with E-state index >= 15 is 0 Å². The fourth-order valence-corrected chi connectivity index (χ4v) is 2.61. The molecule has 0 saturated carbocycles. The molecule has 5 nitrogen and oxygen atoms in total. The molecule has 3 aromatic carbocycles. The van der Waals surface area contributed by atoms with Crippen LogP contribution in [0.15, 0.2) is 78.9 Å². The fraction of sp³-hybridized carbons (Fsp3) is 0.174. The maximum Gasteiger partial charge on any atom is 0.265 e. The summed E-state index contributed by atoms with van der Waals surface area (Å²) in [5.74, 6) is 1.85. The summed E-state index contributed by atoms with van der Waals surface area (Å²) in [7, 11) is 0. The maximum absolute atomic E-state index is 12.3. The number of halogens is 1. The minimum Gasteiger partial charge on any atom is -0.490 e. The third kappa shape index (κ3) is 6.73. The zero-order chi connectivity index (χ0) is 20.5. The molecular weight excluding hydrogens is 390 g/mol. The molecule has 6 heteroatoms. The molecule has 1 atom stereocenters. The van der Waals surface area contributed by atoms with Crippen LogP contribution >= 0.6 is 11.6 Å². The molecule has 0 bridgehead atoms. The highest BCUT2D eigenvalue weighted by Gasteiger charge is 2.15. The zero-order valence-corrected chi connectivity index (χ0v) is 16.8. The lowest BCUT2D eigenvalue weighted by atomic mass is 10.2. The second kappa shape index (κ2) is 10.4. The van der Waals surface area contributed by atoms with Crippen LogP contribution in [-0.2, 0) is 4.79 Å². The highest BCUT2D eigenvalue weighted by Crippen LogP contribution is 2.19. The molecule has 1 N–H and O–H groups in total. The topological polar surface area (TPSA) is 56.8 Å². The number of carbonyl (C=O) groups excluding carboxylic acids is 1. The normalized spacial score (nSPS) is 11.4. The SMILES string of the molecule is C[C@H](Oc1ccc(Cl)cc1)C(=O)Nc1ccc(OCCOc2ccccc2)cc1. The summed E-state index contributed by atoms with van der Waals surface area (Å²) in [5.41, 5.74) is 0.662. The van der Waals surface area contributed by atoms with Crippen LogP contribution in [0.2, 0.25) is 5.02 Å².